The molecule has 0 spiro atoms. The molecule has 2 fully saturated rings. The maximum absolute atomic E-state index is 12.3. The molecule has 22 heavy (non-hydrogen) atoms. The number of rotatable bonds is 3. The highest BCUT2D eigenvalue weighted by Gasteiger charge is 2.23. The number of amides is 1. The molecule has 1 aliphatic carbocycles. The summed E-state index contributed by atoms with van der Waals surface area (Å²) in [4.78, 5) is 12.3. The number of hydrogen-bond acceptors (Lipinski definition) is 3. The maximum atomic E-state index is 12.3. The third-order valence-electron chi connectivity index (χ3n) is 4.84. The Morgan fingerprint density at radius 1 is 1.27 bits per heavy atom. The molecular formula is C16H27ClN4O. The molecule has 1 unspecified atom stereocenters. The lowest BCUT2D eigenvalue weighted by Crippen LogP contribution is -2.37. The summed E-state index contributed by atoms with van der Waals surface area (Å²) < 4.78 is 1.82. The van der Waals surface area contributed by atoms with Crippen LogP contribution in [0, 0.1) is 5.92 Å². The Morgan fingerprint density at radius 2 is 2.05 bits per heavy atom. The zero-order valence-electron chi connectivity index (χ0n) is 13.3. The number of carbonyl (C=O) groups excluding carboxylic acids is 1. The van der Waals surface area contributed by atoms with Crippen molar-refractivity contribution >= 4 is 24.1 Å². The van der Waals surface area contributed by atoms with Crippen LogP contribution in [0.15, 0.2) is 6.07 Å². The number of carbonyl (C=O) groups is 1. The molecule has 1 saturated carbocycles. The third kappa shape index (κ3) is 4.02. The normalized spacial score (nSPS) is 22.9. The second-order valence-electron chi connectivity index (χ2n) is 6.45. The van der Waals surface area contributed by atoms with Crippen LogP contribution in [0.25, 0.3) is 0 Å². The van der Waals surface area contributed by atoms with E-state index in [4.69, 9.17) is 0 Å². The van der Waals surface area contributed by atoms with Gasteiger partial charge in [0, 0.05) is 25.6 Å². The van der Waals surface area contributed by atoms with E-state index in [-0.39, 0.29) is 24.2 Å². The van der Waals surface area contributed by atoms with Gasteiger partial charge in [-0.05, 0) is 32.2 Å². The fourth-order valence-corrected chi connectivity index (χ4v) is 3.51. The zero-order chi connectivity index (χ0) is 14.7. The second kappa shape index (κ2) is 7.97. The van der Waals surface area contributed by atoms with Gasteiger partial charge in [0.15, 0.2) is 0 Å². The minimum Gasteiger partial charge on any atom is -0.316 e. The SMILES string of the molecule is Cl.Cn1nc(C2CCCCC2)cc1NC(=O)C1CCCNC1. The van der Waals surface area contributed by atoms with Gasteiger partial charge in [0.2, 0.25) is 5.91 Å². The molecule has 0 bridgehead atoms. The molecular weight excluding hydrogens is 300 g/mol. The Labute approximate surface area is 138 Å². The molecule has 1 aliphatic heterocycles. The van der Waals surface area contributed by atoms with Crippen LogP contribution in [0.3, 0.4) is 0 Å². The molecule has 2 aliphatic rings. The van der Waals surface area contributed by atoms with Crippen molar-refractivity contribution in [2.24, 2.45) is 13.0 Å². The van der Waals surface area contributed by atoms with Gasteiger partial charge in [-0.3, -0.25) is 9.48 Å². The quantitative estimate of drug-likeness (QED) is 0.898. The molecule has 5 nitrogen and oxygen atoms in total. The Bertz CT molecular complexity index is 490. The van der Waals surface area contributed by atoms with Crippen molar-refractivity contribution < 1.29 is 4.79 Å². The van der Waals surface area contributed by atoms with Crippen molar-refractivity contribution in [2.75, 3.05) is 18.4 Å². The summed E-state index contributed by atoms with van der Waals surface area (Å²) in [5.41, 5.74) is 1.15. The molecule has 6 heteroatoms. The van der Waals surface area contributed by atoms with E-state index in [1.165, 1.54) is 32.1 Å². The molecule has 1 aromatic heterocycles. The van der Waals surface area contributed by atoms with E-state index in [2.05, 4.69) is 21.8 Å². The molecule has 2 heterocycles. The van der Waals surface area contributed by atoms with Crippen LogP contribution in [0.1, 0.15) is 56.6 Å². The number of hydrogen-bond donors (Lipinski definition) is 2. The van der Waals surface area contributed by atoms with E-state index < -0.39 is 0 Å². The summed E-state index contributed by atoms with van der Waals surface area (Å²) >= 11 is 0. The van der Waals surface area contributed by atoms with E-state index in [0.717, 1.165) is 37.4 Å². The van der Waals surface area contributed by atoms with Crippen LogP contribution in [-0.2, 0) is 11.8 Å². The van der Waals surface area contributed by atoms with E-state index in [1.54, 1.807) is 0 Å². The highest BCUT2D eigenvalue weighted by molar-refractivity contribution is 5.92. The topological polar surface area (TPSA) is 59.0 Å². The average molecular weight is 327 g/mol. The zero-order valence-corrected chi connectivity index (χ0v) is 14.1. The summed E-state index contributed by atoms with van der Waals surface area (Å²) in [5, 5.41) is 11.0. The van der Waals surface area contributed by atoms with Gasteiger partial charge in [0.25, 0.3) is 0 Å². The summed E-state index contributed by atoms with van der Waals surface area (Å²) in [6.07, 6.45) is 8.48. The fraction of sp³-hybridized carbons (Fsp3) is 0.750. The van der Waals surface area contributed by atoms with Crippen LogP contribution < -0.4 is 10.6 Å². The second-order valence-corrected chi connectivity index (χ2v) is 6.45. The van der Waals surface area contributed by atoms with Gasteiger partial charge in [-0.15, -0.1) is 12.4 Å². The van der Waals surface area contributed by atoms with Crippen molar-refractivity contribution in [3.05, 3.63) is 11.8 Å². The lowest BCUT2D eigenvalue weighted by molar-refractivity contribution is -0.120. The molecule has 1 atom stereocenters. The van der Waals surface area contributed by atoms with E-state index in [9.17, 15) is 4.79 Å². The molecule has 1 amide bonds. The van der Waals surface area contributed by atoms with Crippen molar-refractivity contribution in [2.45, 2.75) is 50.9 Å². The minimum absolute atomic E-state index is 0. The van der Waals surface area contributed by atoms with Crippen LogP contribution in [0.2, 0.25) is 0 Å². The van der Waals surface area contributed by atoms with E-state index in [0.29, 0.717) is 5.92 Å². The summed E-state index contributed by atoms with van der Waals surface area (Å²) in [6.45, 7) is 1.82. The van der Waals surface area contributed by atoms with Crippen LogP contribution in [0.5, 0.6) is 0 Å². The summed E-state index contributed by atoms with van der Waals surface area (Å²) in [6, 6.07) is 2.07. The predicted molar refractivity (Wildman–Crippen MR) is 90.5 cm³/mol. The van der Waals surface area contributed by atoms with Gasteiger partial charge in [0.1, 0.15) is 5.82 Å². The van der Waals surface area contributed by atoms with Crippen LogP contribution in [0.4, 0.5) is 5.82 Å². The van der Waals surface area contributed by atoms with Crippen molar-refractivity contribution in [1.82, 2.24) is 15.1 Å². The van der Waals surface area contributed by atoms with Gasteiger partial charge in [-0.2, -0.15) is 5.10 Å². The van der Waals surface area contributed by atoms with Crippen molar-refractivity contribution in [3.8, 4) is 0 Å². The molecule has 124 valence electrons. The van der Waals surface area contributed by atoms with Gasteiger partial charge in [-0.25, -0.2) is 0 Å². The van der Waals surface area contributed by atoms with Gasteiger partial charge in [-0.1, -0.05) is 19.3 Å². The first-order chi connectivity index (χ1) is 10.2. The number of piperidine rings is 1. The smallest absolute Gasteiger partial charge is 0.229 e. The monoisotopic (exact) mass is 326 g/mol. The predicted octanol–water partition coefficient (Wildman–Crippen LogP) is 2.83. The Kier molecular flexibility index (Phi) is 6.26. The molecule has 0 aromatic carbocycles. The number of aromatic nitrogens is 2. The Balaban J connectivity index is 0.00000176. The molecule has 2 N–H and O–H groups in total. The minimum atomic E-state index is 0. The van der Waals surface area contributed by atoms with E-state index in [1.807, 2.05) is 11.7 Å². The van der Waals surface area contributed by atoms with Crippen molar-refractivity contribution in [1.29, 1.82) is 0 Å². The lowest BCUT2D eigenvalue weighted by atomic mass is 9.87. The first-order valence-electron chi connectivity index (χ1n) is 8.29. The number of anilines is 1. The van der Waals surface area contributed by atoms with Gasteiger partial charge in [0.05, 0.1) is 11.6 Å². The van der Waals surface area contributed by atoms with E-state index >= 15 is 0 Å². The number of halogens is 1. The Hall–Kier alpha value is -1.07. The summed E-state index contributed by atoms with van der Waals surface area (Å²) in [5.74, 6) is 1.63. The lowest BCUT2D eigenvalue weighted by Gasteiger charge is -2.21. The van der Waals surface area contributed by atoms with Crippen LogP contribution >= 0.6 is 12.4 Å². The van der Waals surface area contributed by atoms with Crippen molar-refractivity contribution in [3.63, 3.8) is 0 Å². The molecule has 1 aromatic rings. The van der Waals surface area contributed by atoms with Gasteiger partial charge < -0.3 is 10.6 Å². The highest BCUT2D eigenvalue weighted by atomic mass is 35.5. The standard InChI is InChI=1S/C16H26N4O.ClH/c1-20-15(18-16(21)13-8-5-9-17-11-13)10-14(19-20)12-6-3-2-4-7-12;/h10,12-13,17H,2-9,11H2,1H3,(H,18,21);1H. The van der Waals surface area contributed by atoms with Crippen LogP contribution in [-0.4, -0.2) is 28.8 Å². The van der Waals surface area contributed by atoms with Gasteiger partial charge >= 0.3 is 0 Å². The molecule has 0 radical (unpaired) electrons. The fourth-order valence-electron chi connectivity index (χ4n) is 3.51. The number of aryl methyl sites for hydroxylation is 1. The number of nitrogens with zero attached hydrogens (tertiary/aromatic N) is 2. The third-order valence-corrected chi connectivity index (χ3v) is 4.84. The average Bonchev–Trinajstić information content (AvgIpc) is 2.90. The largest absolute Gasteiger partial charge is 0.316 e. The number of nitrogens with one attached hydrogen (secondary N) is 2. The highest BCUT2D eigenvalue weighted by Crippen LogP contribution is 2.32. The first kappa shape index (κ1) is 17.3. The summed E-state index contributed by atoms with van der Waals surface area (Å²) in [7, 11) is 1.92. The first-order valence-corrected chi connectivity index (χ1v) is 8.29. The molecule has 1 saturated heterocycles. The maximum Gasteiger partial charge on any atom is 0.229 e. The Morgan fingerprint density at radius 3 is 2.73 bits per heavy atom. The molecule has 3 rings (SSSR count).